The average Bonchev–Trinajstić information content (AvgIpc) is 2.68. The van der Waals surface area contributed by atoms with Crippen molar-refractivity contribution in [3.8, 4) is 5.75 Å². The quantitative estimate of drug-likeness (QED) is 0.177. The van der Waals surface area contributed by atoms with Crippen LogP contribution in [0.3, 0.4) is 0 Å². The molecule has 1 aromatic rings. The molecule has 0 spiro atoms. The van der Waals surface area contributed by atoms with E-state index in [-0.39, 0.29) is 11.4 Å². The first-order chi connectivity index (χ1) is 13.1. The van der Waals surface area contributed by atoms with Gasteiger partial charge in [0.1, 0.15) is 5.75 Å². The largest absolute Gasteiger partial charge is 0.426 e. The number of ether oxygens (including phenoxy) is 1. The number of hydrogen-bond donors (Lipinski definition) is 0. The zero-order valence-corrected chi connectivity index (χ0v) is 18.3. The third-order valence-electron chi connectivity index (χ3n) is 5.70. The molecule has 1 atom stereocenters. The fraction of sp³-hybridized carbons (Fsp3) is 0.720. The molecule has 0 heterocycles. The zero-order valence-electron chi connectivity index (χ0n) is 18.3. The van der Waals surface area contributed by atoms with E-state index in [4.69, 9.17) is 4.74 Å². The third-order valence-corrected chi connectivity index (χ3v) is 5.70. The lowest BCUT2D eigenvalue weighted by Gasteiger charge is -2.27. The van der Waals surface area contributed by atoms with Crippen molar-refractivity contribution in [3.63, 3.8) is 0 Å². The predicted octanol–water partition coefficient (Wildman–Crippen LogP) is 7.88. The number of aryl methyl sites for hydroxylation is 1. The van der Waals surface area contributed by atoms with E-state index in [1.54, 1.807) is 0 Å². The van der Waals surface area contributed by atoms with E-state index in [1.807, 2.05) is 12.1 Å². The Morgan fingerprint density at radius 1 is 0.778 bits per heavy atom. The maximum absolute atomic E-state index is 13.0. The zero-order chi connectivity index (χ0) is 20.0. The fourth-order valence-electron chi connectivity index (χ4n) is 3.59. The van der Waals surface area contributed by atoms with Gasteiger partial charge in [-0.1, -0.05) is 97.1 Å². The van der Waals surface area contributed by atoms with Crippen LogP contribution in [0.1, 0.15) is 110 Å². The number of carbonyl (C=O) groups excluding carboxylic acids is 1. The minimum absolute atomic E-state index is 0.0446. The highest BCUT2D eigenvalue weighted by atomic mass is 16.5. The first-order valence-corrected chi connectivity index (χ1v) is 11.4. The minimum atomic E-state index is -0.359. The summed E-state index contributed by atoms with van der Waals surface area (Å²) in [6.45, 7) is 8.72. The Balaban J connectivity index is 2.61. The van der Waals surface area contributed by atoms with Crippen LogP contribution in [0.15, 0.2) is 24.3 Å². The van der Waals surface area contributed by atoms with Crippen LogP contribution in [-0.2, 0) is 11.2 Å². The molecule has 0 aromatic heterocycles. The van der Waals surface area contributed by atoms with Gasteiger partial charge in [-0.05, 0) is 43.9 Å². The summed E-state index contributed by atoms with van der Waals surface area (Å²) in [5.74, 6) is 0.636. The Labute approximate surface area is 168 Å². The van der Waals surface area contributed by atoms with Crippen molar-refractivity contribution < 1.29 is 9.53 Å². The van der Waals surface area contributed by atoms with Gasteiger partial charge in [-0.15, -0.1) is 0 Å². The van der Waals surface area contributed by atoms with Gasteiger partial charge in [0.2, 0.25) is 0 Å². The Kier molecular flexibility index (Phi) is 12.1. The average molecular weight is 375 g/mol. The highest BCUT2D eigenvalue weighted by Crippen LogP contribution is 2.33. The van der Waals surface area contributed by atoms with Crippen LogP contribution >= 0.6 is 0 Å². The molecule has 27 heavy (non-hydrogen) atoms. The number of benzene rings is 1. The highest BCUT2D eigenvalue weighted by Gasteiger charge is 2.34. The van der Waals surface area contributed by atoms with Crippen molar-refractivity contribution in [3.05, 3.63) is 29.8 Å². The molecule has 0 radical (unpaired) electrons. The van der Waals surface area contributed by atoms with E-state index in [9.17, 15) is 4.79 Å². The molecule has 0 bridgehead atoms. The molecule has 0 aliphatic carbocycles. The molecule has 0 N–H and O–H groups in total. The number of unbranched alkanes of at least 4 members (excludes halogenated alkanes) is 8. The Morgan fingerprint density at radius 2 is 1.26 bits per heavy atom. The van der Waals surface area contributed by atoms with Crippen LogP contribution in [0.4, 0.5) is 0 Å². The van der Waals surface area contributed by atoms with Gasteiger partial charge < -0.3 is 4.74 Å². The lowest BCUT2D eigenvalue weighted by Crippen LogP contribution is -2.32. The first kappa shape index (κ1) is 23.7. The van der Waals surface area contributed by atoms with Crippen LogP contribution in [0.2, 0.25) is 0 Å². The molecule has 1 rings (SSSR count). The normalized spacial score (nSPS) is 13.3. The highest BCUT2D eigenvalue weighted by molar-refractivity contribution is 5.78. The van der Waals surface area contributed by atoms with Crippen LogP contribution in [0.25, 0.3) is 0 Å². The van der Waals surface area contributed by atoms with Crippen molar-refractivity contribution in [1.29, 1.82) is 0 Å². The molecule has 1 unspecified atom stereocenters. The van der Waals surface area contributed by atoms with Crippen molar-refractivity contribution >= 4 is 5.97 Å². The van der Waals surface area contributed by atoms with Crippen molar-refractivity contribution in [2.24, 2.45) is 5.41 Å². The van der Waals surface area contributed by atoms with E-state index >= 15 is 0 Å². The minimum Gasteiger partial charge on any atom is -0.426 e. The van der Waals surface area contributed by atoms with Gasteiger partial charge in [0.05, 0.1) is 5.41 Å². The summed E-state index contributed by atoms with van der Waals surface area (Å²) in [6, 6.07) is 7.96. The Hall–Kier alpha value is -1.31. The lowest BCUT2D eigenvalue weighted by atomic mass is 9.79. The standard InChI is InChI=1S/C25H42O2/c1-5-8-10-12-13-15-21-25(4,20-14-11-9-6-2)24(26)27-23-18-16-22(7-3)17-19-23/h16-19H,5-15,20-21H2,1-4H3. The molecule has 0 aliphatic rings. The molecule has 0 amide bonds. The van der Waals surface area contributed by atoms with Crippen LogP contribution in [-0.4, -0.2) is 5.97 Å². The summed E-state index contributed by atoms with van der Waals surface area (Å²) in [5.41, 5.74) is 0.909. The van der Waals surface area contributed by atoms with Gasteiger partial charge in [-0.25, -0.2) is 0 Å². The smallest absolute Gasteiger partial charge is 0.317 e. The third kappa shape index (κ3) is 9.44. The number of rotatable bonds is 15. The monoisotopic (exact) mass is 374 g/mol. The second-order valence-electron chi connectivity index (χ2n) is 8.28. The van der Waals surface area contributed by atoms with Crippen LogP contribution in [0.5, 0.6) is 5.75 Å². The summed E-state index contributed by atoms with van der Waals surface area (Å²) in [5, 5.41) is 0. The molecule has 0 saturated heterocycles. The summed E-state index contributed by atoms with van der Waals surface area (Å²) in [7, 11) is 0. The summed E-state index contributed by atoms with van der Waals surface area (Å²) >= 11 is 0. The van der Waals surface area contributed by atoms with Crippen molar-refractivity contribution in [1.82, 2.24) is 0 Å². The lowest BCUT2D eigenvalue weighted by molar-refractivity contribution is -0.146. The fourth-order valence-corrected chi connectivity index (χ4v) is 3.59. The summed E-state index contributed by atoms with van der Waals surface area (Å²) in [4.78, 5) is 13.0. The van der Waals surface area contributed by atoms with E-state index in [2.05, 4.69) is 39.8 Å². The maximum Gasteiger partial charge on any atom is 0.317 e. The number of esters is 1. The SMILES string of the molecule is CCCCCCCCC(C)(CCCCCC)C(=O)Oc1ccc(CC)cc1. The topological polar surface area (TPSA) is 26.3 Å². The number of carbonyl (C=O) groups is 1. The molecule has 0 fully saturated rings. The maximum atomic E-state index is 13.0. The van der Waals surface area contributed by atoms with Gasteiger partial charge in [-0.2, -0.15) is 0 Å². The van der Waals surface area contributed by atoms with Gasteiger partial charge in [0.25, 0.3) is 0 Å². The molecule has 1 aromatic carbocycles. The Morgan fingerprint density at radius 3 is 1.78 bits per heavy atom. The number of hydrogen-bond acceptors (Lipinski definition) is 2. The molecular weight excluding hydrogens is 332 g/mol. The predicted molar refractivity (Wildman–Crippen MR) is 116 cm³/mol. The van der Waals surface area contributed by atoms with Gasteiger partial charge in [-0.3, -0.25) is 4.79 Å². The Bertz CT molecular complexity index is 506. The van der Waals surface area contributed by atoms with E-state index in [0.717, 1.165) is 32.1 Å². The summed E-state index contributed by atoms with van der Waals surface area (Å²) < 4.78 is 5.79. The van der Waals surface area contributed by atoms with Crippen LogP contribution < -0.4 is 4.74 Å². The molecule has 0 aliphatic heterocycles. The first-order valence-electron chi connectivity index (χ1n) is 11.4. The second kappa shape index (κ2) is 13.8. The van der Waals surface area contributed by atoms with E-state index in [1.165, 1.54) is 56.9 Å². The molecule has 2 heteroatoms. The molecule has 0 saturated carbocycles. The van der Waals surface area contributed by atoms with Crippen molar-refractivity contribution in [2.75, 3.05) is 0 Å². The second-order valence-corrected chi connectivity index (χ2v) is 8.28. The summed E-state index contributed by atoms with van der Waals surface area (Å²) in [6.07, 6.45) is 15.2. The van der Waals surface area contributed by atoms with E-state index < -0.39 is 0 Å². The molecule has 2 nitrogen and oxygen atoms in total. The van der Waals surface area contributed by atoms with E-state index in [0.29, 0.717) is 5.75 Å². The van der Waals surface area contributed by atoms with Gasteiger partial charge in [0.15, 0.2) is 0 Å². The molecule has 154 valence electrons. The molecular formula is C25H42O2. The van der Waals surface area contributed by atoms with Crippen molar-refractivity contribution in [2.45, 2.75) is 111 Å². The van der Waals surface area contributed by atoms with Gasteiger partial charge in [0, 0.05) is 0 Å². The van der Waals surface area contributed by atoms with Crippen LogP contribution in [0, 0.1) is 5.41 Å². The van der Waals surface area contributed by atoms with Gasteiger partial charge >= 0.3 is 5.97 Å².